The first kappa shape index (κ1) is 25.0. The molecule has 0 N–H and O–H groups in total. The first-order valence-corrected chi connectivity index (χ1v) is 12.4. The van der Waals surface area contributed by atoms with Crippen molar-refractivity contribution in [1.29, 1.82) is 0 Å². The number of nitrogens with zero attached hydrogens (tertiary/aromatic N) is 1. The van der Waals surface area contributed by atoms with Crippen LogP contribution in [0.4, 0.5) is 4.79 Å². The van der Waals surface area contributed by atoms with Gasteiger partial charge in [0, 0.05) is 5.02 Å². The van der Waals surface area contributed by atoms with Crippen LogP contribution in [0.15, 0.2) is 70.0 Å². The van der Waals surface area contributed by atoms with Crippen LogP contribution in [-0.2, 0) is 11.3 Å². The molecule has 4 rings (SSSR count). The van der Waals surface area contributed by atoms with Gasteiger partial charge >= 0.3 is 5.97 Å². The quantitative estimate of drug-likeness (QED) is 0.182. The van der Waals surface area contributed by atoms with E-state index < -0.39 is 11.9 Å². The molecule has 6 nitrogen and oxygen atoms in total. The number of esters is 1. The Morgan fingerprint density at radius 2 is 1.86 bits per heavy atom. The SMILES string of the molecule is COc1cc(/C=C2\SC(=O)N(Cc3cccc(Cl)c3)C2=O)cc(Br)c1OC(=O)c1ccc(C)cc1. The van der Waals surface area contributed by atoms with E-state index in [1.807, 2.05) is 19.1 Å². The van der Waals surface area contributed by atoms with Gasteiger partial charge in [0.1, 0.15) is 0 Å². The molecule has 3 aromatic carbocycles. The van der Waals surface area contributed by atoms with Crippen LogP contribution in [-0.4, -0.2) is 29.1 Å². The highest BCUT2D eigenvalue weighted by atomic mass is 79.9. The van der Waals surface area contributed by atoms with E-state index in [-0.39, 0.29) is 22.4 Å². The van der Waals surface area contributed by atoms with Gasteiger partial charge in [-0.3, -0.25) is 14.5 Å². The largest absolute Gasteiger partial charge is 0.493 e. The number of carbonyl (C=O) groups is 3. The molecule has 0 spiro atoms. The fourth-order valence-electron chi connectivity index (χ4n) is 3.37. The van der Waals surface area contributed by atoms with Crippen molar-refractivity contribution in [2.75, 3.05) is 7.11 Å². The average molecular weight is 573 g/mol. The summed E-state index contributed by atoms with van der Waals surface area (Å²) in [5.41, 5.74) is 2.78. The summed E-state index contributed by atoms with van der Waals surface area (Å²) in [4.78, 5) is 39.4. The third-order valence-corrected chi connectivity index (χ3v) is 6.87. The molecule has 1 saturated heterocycles. The van der Waals surface area contributed by atoms with Crippen LogP contribution in [0.25, 0.3) is 6.08 Å². The zero-order valence-electron chi connectivity index (χ0n) is 18.7. The van der Waals surface area contributed by atoms with Crippen molar-refractivity contribution in [3.05, 3.63) is 97.3 Å². The smallest absolute Gasteiger partial charge is 0.343 e. The van der Waals surface area contributed by atoms with Crippen molar-refractivity contribution in [3.8, 4) is 11.5 Å². The van der Waals surface area contributed by atoms with E-state index in [0.717, 1.165) is 22.9 Å². The van der Waals surface area contributed by atoms with Crippen molar-refractivity contribution in [1.82, 2.24) is 4.90 Å². The van der Waals surface area contributed by atoms with Crippen molar-refractivity contribution in [3.63, 3.8) is 0 Å². The molecule has 3 aromatic rings. The molecule has 0 unspecified atom stereocenters. The number of thioether (sulfide) groups is 1. The Hall–Kier alpha value is -3.07. The molecule has 1 heterocycles. The van der Waals surface area contributed by atoms with Gasteiger partial charge in [-0.2, -0.15) is 0 Å². The maximum absolute atomic E-state index is 12.9. The molecule has 2 amide bonds. The number of benzene rings is 3. The molecule has 178 valence electrons. The molecule has 0 atom stereocenters. The van der Waals surface area contributed by atoms with Crippen molar-refractivity contribution >= 4 is 62.5 Å². The molecule has 1 fully saturated rings. The molecule has 0 aromatic heterocycles. The van der Waals surface area contributed by atoms with Gasteiger partial charge in [0.05, 0.1) is 28.6 Å². The molecule has 0 bridgehead atoms. The summed E-state index contributed by atoms with van der Waals surface area (Å²) in [6, 6.07) is 17.4. The summed E-state index contributed by atoms with van der Waals surface area (Å²) in [6.45, 7) is 2.06. The second kappa shape index (κ2) is 10.7. The van der Waals surface area contributed by atoms with E-state index in [2.05, 4.69) is 15.9 Å². The Morgan fingerprint density at radius 1 is 1.11 bits per heavy atom. The highest BCUT2D eigenvalue weighted by Gasteiger charge is 2.35. The molecule has 0 aliphatic carbocycles. The molecular weight excluding hydrogens is 554 g/mol. The first-order chi connectivity index (χ1) is 16.7. The third kappa shape index (κ3) is 5.78. The summed E-state index contributed by atoms with van der Waals surface area (Å²) in [7, 11) is 1.45. The number of amides is 2. The predicted molar refractivity (Wildman–Crippen MR) is 140 cm³/mol. The number of halogens is 2. The van der Waals surface area contributed by atoms with E-state index in [9.17, 15) is 14.4 Å². The molecule has 0 saturated carbocycles. The van der Waals surface area contributed by atoms with Gasteiger partial charge in [-0.05, 0) is 88.2 Å². The lowest BCUT2D eigenvalue weighted by molar-refractivity contribution is -0.123. The normalized spacial score (nSPS) is 14.5. The number of imide groups is 1. The van der Waals surface area contributed by atoms with Gasteiger partial charge in [0.2, 0.25) is 0 Å². The van der Waals surface area contributed by atoms with Crippen LogP contribution < -0.4 is 9.47 Å². The number of aryl methyl sites for hydroxylation is 1. The van der Waals surface area contributed by atoms with E-state index in [0.29, 0.717) is 26.4 Å². The summed E-state index contributed by atoms with van der Waals surface area (Å²) in [5.74, 6) is -0.419. The van der Waals surface area contributed by atoms with Crippen molar-refractivity contribution in [2.24, 2.45) is 0 Å². The van der Waals surface area contributed by atoms with Crippen LogP contribution in [0.3, 0.4) is 0 Å². The fourth-order valence-corrected chi connectivity index (χ4v) is 4.96. The number of methoxy groups -OCH3 is 1. The minimum atomic E-state index is -0.529. The standard InChI is InChI=1S/C26H19BrClNO5S/c1-15-6-8-18(9-7-15)25(31)34-23-20(27)11-17(12-21(23)33-2)13-22-24(30)29(26(32)35-22)14-16-4-3-5-19(28)10-16/h3-13H,14H2,1-2H3/b22-13-. The van der Waals surface area contributed by atoms with Crippen LogP contribution in [0.2, 0.25) is 5.02 Å². The second-order valence-electron chi connectivity index (χ2n) is 7.69. The molecule has 9 heteroatoms. The van der Waals surface area contributed by atoms with Crippen LogP contribution in [0, 0.1) is 6.92 Å². The maximum Gasteiger partial charge on any atom is 0.343 e. The molecule has 0 radical (unpaired) electrons. The van der Waals surface area contributed by atoms with Crippen molar-refractivity contribution < 1.29 is 23.9 Å². The monoisotopic (exact) mass is 571 g/mol. The Bertz CT molecular complexity index is 1360. The fraction of sp³-hybridized carbons (Fsp3) is 0.115. The molecular formula is C26H19BrClNO5S. The zero-order valence-corrected chi connectivity index (χ0v) is 21.9. The van der Waals surface area contributed by atoms with Gasteiger partial charge in [0.15, 0.2) is 11.5 Å². The summed E-state index contributed by atoms with van der Waals surface area (Å²) < 4.78 is 11.5. The first-order valence-electron chi connectivity index (χ1n) is 10.4. The van der Waals surface area contributed by atoms with Crippen LogP contribution in [0.1, 0.15) is 27.0 Å². The Morgan fingerprint density at radius 3 is 2.54 bits per heavy atom. The lowest BCUT2D eigenvalue weighted by atomic mass is 10.1. The van der Waals surface area contributed by atoms with Gasteiger partial charge in [-0.15, -0.1) is 0 Å². The highest BCUT2D eigenvalue weighted by molar-refractivity contribution is 9.10. The molecule has 1 aliphatic heterocycles. The lowest BCUT2D eigenvalue weighted by Crippen LogP contribution is -2.27. The van der Waals surface area contributed by atoms with E-state index >= 15 is 0 Å². The number of ether oxygens (including phenoxy) is 2. The Kier molecular flexibility index (Phi) is 7.64. The lowest BCUT2D eigenvalue weighted by Gasteiger charge is -2.13. The Labute approximate surface area is 220 Å². The topological polar surface area (TPSA) is 72.9 Å². The van der Waals surface area contributed by atoms with E-state index in [1.165, 1.54) is 12.0 Å². The van der Waals surface area contributed by atoms with E-state index in [1.54, 1.807) is 54.6 Å². The zero-order chi connectivity index (χ0) is 25.1. The minimum Gasteiger partial charge on any atom is -0.493 e. The third-order valence-electron chi connectivity index (χ3n) is 5.13. The molecule has 35 heavy (non-hydrogen) atoms. The second-order valence-corrected chi connectivity index (χ2v) is 9.97. The number of rotatable bonds is 6. The number of hydrogen-bond donors (Lipinski definition) is 0. The average Bonchev–Trinajstić information content (AvgIpc) is 3.08. The van der Waals surface area contributed by atoms with Gasteiger partial charge in [-0.25, -0.2) is 4.79 Å². The van der Waals surface area contributed by atoms with Gasteiger partial charge in [-0.1, -0.05) is 41.4 Å². The summed E-state index contributed by atoms with van der Waals surface area (Å²) in [6.07, 6.45) is 1.60. The predicted octanol–water partition coefficient (Wildman–Crippen LogP) is 6.88. The highest BCUT2D eigenvalue weighted by Crippen LogP contribution is 2.39. The van der Waals surface area contributed by atoms with Gasteiger partial charge < -0.3 is 9.47 Å². The van der Waals surface area contributed by atoms with Crippen molar-refractivity contribution in [2.45, 2.75) is 13.5 Å². The van der Waals surface area contributed by atoms with E-state index in [4.69, 9.17) is 21.1 Å². The van der Waals surface area contributed by atoms with Crippen LogP contribution >= 0.6 is 39.3 Å². The maximum atomic E-state index is 12.9. The molecule has 1 aliphatic rings. The number of carbonyl (C=O) groups excluding carboxylic acids is 3. The Balaban J connectivity index is 1.56. The number of hydrogen-bond acceptors (Lipinski definition) is 6. The summed E-state index contributed by atoms with van der Waals surface area (Å²) >= 11 is 10.3. The minimum absolute atomic E-state index is 0.128. The van der Waals surface area contributed by atoms with Gasteiger partial charge in [0.25, 0.3) is 11.1 Å². The summed E-state index contributed by atoms with van der Waals surface area (Å²) in [5, 5.41) is 0.168. The van der Waals surface area contributed by atoms with Crippen LogP contribution in [0.5, 0.6) is 11.5 Å².